The third kappa shape index (κ3) is 2.71. The number of benzene rings is 1. The molecule has 1 aliphatic heterocycles. The van der Waals surface area contributed by atoms with E-state index in [1.165, 1.54) is 16.7 Å². The molecule has 2 heterocycles. The number of hydrogen-bond donors (Lipinski definition) is 1. The Morgan fingerprint density at radius 3 is 2.91 bits per heavy atom. The molecule has 2 aromatic rings. The normalized spacial score (nSPS) is 15.2. The zero-order valence-corrected chi connectivity index (χ0v) is 13.1. The summed E-state index contributed by atoms with van der Waals surface area (Å²) in [6.45, 7) is 1.87. The quantitative estimate of drug-likeness (QED) is 0.878. The van der Waals surface area contributed by atoms with Crippen molar-refractivity contribution in [3.05, 3.63) is 36.7 Å². The van der Waals surface area contributed by atoms with Crippen LogP contribution >= 0.6 is 11.8 Å². The lowest BCUT2D eigenvalue weighted by Gasteiger charge is -2.30. The van der Waals surface area contributed by atoms with E-state index in [1.807, 2.05) is 42.9 Å². The standard InChI is InChI=1S/C15H16N4O2S/c1-10(22-15-16-7-8-18(15)2)14(21)19-9-13(20)17-11-5-3-4-6-12(11)19/h3-8,10H,9H2,1-2H3,(H,17,20)/t10-/m0/s1. The fraction of sp³-hybridized carbons (Fsp3) is 0.267. The molecule has 7 heteroatoms. The van der Waals surface area contributed by atoms with Gasteiger partial charge in [0.25, 0.3) is 0 Å². The number of aryl methyl sites for hydroxylation is 1. The number of carbonyl (C=O) groups is 2. The summed E-state index contributed by atoms with van der Waals surface area (Å²) in [5, 5.41) is 3.22. The molecule has 1 N–H and O–H groups in total. The van der Waals surface area contributed by atoms with Crippen molar-refractivity contribution >= 4 is 35.0 Å². The lowest BCUT2D eigenvalue weighted by Crippen LogP contribution is -2.45. The summed E-state index contributed by atoms with van der Waals surface area (Å²) in [5.74, 6) is -0.281. The van der Waals surface area contributed by atoms with Crippen molar-refractivity contribution in [3.8, 4) is 0 Å². The molecule has 0 unspecified atom stereocenters. The van der Waals surface area contributed by atoms with Gasteiger partial charge in [0.05, 0.1) is 16.6 Å². The molecule has 0 fully saturated rings. The molecule has 1 aromatic carbocycles. The Bertz CT molecular complexity index is 728. The van der Waals surface area contributed by atoms with E-state index in [2.05, 4.69) is 10.3 Å². The number of amides is 2. The Balaban J connectivity index is 1.83. The molecular formula is C15H16N4O2S. The molecule has 0 radical (unpaired) electrons. The average molecular weight is 316 g/mol. The fourth-order valence-corrected chi connectivity index (χ4v) is 3.22. The van der Waals surface area contributed by atoms with Crippen molar-refractivity contribution in [2.24, 2.45) is 7.05 Å². The van der Waals surface area contributed by atoms with Crippen LogP contribution in [0.5, 0.6) is 0 Å². The minimum atomic E-state index is -0.333. The molecule has 0 aliphatic carbocycles. The molecule has 2 amide bonds. The highest BCUT2D eigenvalue weighted by molar-refractivity contribution is 8.00. The van der Waals surface area contributed by atoms with Gasteiger partial charge in [-0.05, 0) is 19.1 Å². The highest BCUT2D eigenvalue weighted by Crippen LogP contribution is 2.31. The summed E-state index contributed by atoms with van der Waals surface area (Å²) in [5.41, 5.74) is 1.40. The molecule has 22 heavy (non-hydrogen) atoms. The van der Waals surface area contributed by atoms with Gasteiger partial charge >= 0.3 is 0 Å². The van der Waals surface area contributed by atoms with Gasteiger partial charge in [-0.25, -0.2) is 4.98 Å². The molecule has 1 atom stereocenters. The van der Waals surface area contributed by atoms with Gasteiger partial charge in [0, 0.05) is 19.4 Å². The smallest absolute Gasteiger partial charge is 0.244 e. The summed E-state index contributed by atoms with van der Waals surface area (Å²) in [4.78, 5) is 30.3. The van der Waals surface area contributed by atoms with Gasteiger partial charge in [-0.15, -0.1) is 0 Å². The number of rotatable bonds is 3. The van der Waals surface area contributed by atoms with Gasteiger partial charge in [0.15, 0.2) is 5.16 Å². The monoisotopic (exact) mass is 316 g/mol. The summed E-state index contributed by atoms with van der Waals surface area (Å²) in [6.07, 6.45) is 3.53. The van der Waals surface area contributed by atoms with Crippen LogP contribution < -0.4 is 10.2 Å². The van der Waals surface area contributed by atoms with Crippen molar-refractivity contribution in [1.29, 1.82) is 0 Å². The van der Waals surface area contributed by atoms with Gasteiger partial charge in [0.1, 0.15) is 6.54 Å². The van der Waals surface area contributed by atoms with E-state index in [4.69, 9.17) is 0 Å². The zero-order valence-electron chi connectivity index (χ0n) is 12.3. The van der Waals surface area contributed by atoms with E-state index in [0.717, 1.165) is 10.8 Å². The number of para-hydroxylation sites is 2. The van der Waals surface area contributed by atoms with Crippen LogP contribution in [0.3, 0.4) is 0 Å². The Morgan fingerprint density at radius 2 is 2.18 bits per heavy atom. The SMILES string of the molecule is C[C@H](Sc1nccn1C)C(=O)N1CC(=O)Nc2ccccc21. The van der Waals surface area contributed by atoms with Crippen molar-refractivity contribution < 1.29 is 9.59 Å². The van der Waals surface area contributed by atoms with E-state index in [0.29, 0.717) is 5.69 Å². The predicted octanol–water partition coefficient (Wildman–Crippen LogP) is 1.89. The Kier molecular flexibility index (Phi) is 3.89. The molecule has 1 aromatic heterocycles. The maximum Gasteiger partial charge on any atom is 0.244 e. The first-order valence-electron chi connectivity index (χ1n) is 6.90. The second kappa shape index (κ2) is 5.84. The lowest BCUT2D eigenvalue weighted by atomic mass is 10.2. The first-order chi connectivity index (χ1) is 10.6. The number of nitrogens with one attached hydrogen (secondary N) is 1. The fourth-order valence-electron chi connectivity index (χ4n) is 2.32. The van der Waals surface area contributed by atoms with E-state index in [-0.39, 0.29) is 23.6 Å². The van der Waals surface area contributed by atoms with Crippen molar-refractivity contribution in [2.45, 2.75) is 17.3 Å². The Hall–Kier alpha value is -2.28. The number of imidazole rings is 1. The van der Waals surface area contributed by atoms with Crippen molar-refractivity contribution in [2.75, 3.05) is 16.8 Å². The third-order valence-corrected chi connectivity index (χ3v) is 4.60. The number of fused-ring (bicyclic) bond motifs is 1. The van der Waals surface area contributed by atoms with Crippen LogP contribution in [-0.4, -0.2) is 33.2 Å². The molecule has 3 rings (SSSR count). The molecule has 0 saturated heterocycles. The van der Waals surface area contributed by atoms with Gasteiger partial charge in [-0.2, -0.15) is 0 Å². The highest BCUT2D eigenvalue weighted by atomic mass is 32.2. The summed E-state index contributed by atoms with van der Waals surface area (Å²) in [6, 6.07) is 7.32. The van der Waals surface area contributed by atoms with Gasteiger partial charge in [0.2, 0.25) is 11.8 Å². The van der Waals surface area contributed by atoms with Gasteiger partial charge in [-0.1, -0.05) is 23.9 Å². The number of thioether (sulfide) groups is 1. The van der Waals surface area contributed by atoms with E-state index < -0.39 is 0 Å². The molecule has 114 valence electrons. The minimum Gasteiger partial charge on any atom is -0.329 e. The van der Waals surface area contributed by atoms with Crippen LogP contribution in [0.15, 0.2) is 41.8 Å². The summed E-state index contributed by atoms with van der Waals surface area (Å²) in [7, 11) is 1.89. The number of anilines is 2. The number of hydrogen-bond acceptors (Lipinski definition) is 4. The second-order valence-corrected chi connectivity index (χ2v) is 6.38. The first-order valence-corrected chi connectivity index (χ1v) is 7.78. The highest BCUT2D eigenvalue weighted by Gasteiger charge is 2.30. The number of carbonyl (C=O) groups excluding carboxylic acids is 2. The zero-order chi connectivity index (χ0) is 15.7. The topological polar surface area (TPSA) is 67.2 Å². The average Bonchev–Trinajstić information content (AvgIpc) is 2.90. The van der Waals surface area contributed by atoms with E-state index >= 15 is 0 Å². The number of aromatic nitrogens is 2. The maximum absolute atomic E-state index is 12.7. The van der Waals surface area contributed by atoms with Crippen LogP contribution in [0.2, 0.25) is 0 Å². The maximum atomic E-state index is 12.7. The number of nitrogens with zero attached hydrogens (tertiary/aromatic N) is 3. The van der Waals surface area contributed by atoms with Crippen LogP contribution in [0, 0.1) is 0 Å². The van der Waals surface area contributed by atoms with Gasteiger partial charge in [-0.3, -0.25) is 14.5 Å². The van der Waals surface area contributed by atoms with E-state index in [1.54, 1.807) is 12.3 Å². The van der Waals surface area contributed by atoms with Crippen molar-refractivity contribution in [1.82, 2.24) is 9.55 Å². The van der Waals surface area contributed by atoms with Crippen molar-refractivity contribution in [3.63, 3.8) is 0 Å². The van der Waals surface area contributed by atoms with E-state index in [9.17, 15) is 9.59 Å². The third-order valence-electron chi connectivity index (χ3n) is 3.44. The van der Waals surface area contributed by atoms with Crippen LogP contribution in [0.1, 0.15) is 6.92 Å². The second-order valence-electron chi connectivity index (χ2n) is 5.07. The minimum absolute atomic E-state index is 0.0430. The van der Waals surface area contributed by atoms with Crippen LogP contribution in [0.25, 0.3) is 0 Å². The molecular weight excluding hydrogens is 300 g/mol. The Morgan fingerprint density at radius 1 is 1.41 bits per heavy atom. The largest absolute Gasteiger partial charge is 0.329 e. The first kappa shape index (κ1) is 14.6. The van der Waals surface area contributed by atoms with Gasteiger partial charge < -0.3 is 9.88 Å². The van der Waals surface area contributed by atoms with Crippen LogP contribution in [-0.2, 0) is 16.6 Å². The predicted molar refractivity (Wildman–Crippen MR) is 86.0 cm³/mol. The molecule has 1 aliphatic rings. The Labute approximate surface area is 132 Å². The molecule has 0 saturated carbocycles. The molecule has 0 bridgehead atoms. The summed E-state index contributed by atoms with van der Waals surface area (Å²) < 4.78 is 1.87. The lowest BCUT2D eigenvalue weighted by molar-refractivity contribution is -0.121. The van der Waals surface area contributed by atoms with Crippen LogP contribution in [0.4, 0.5) is 11.4 Å². The molecule has 6 nitrogen and oxygen atoms in total. The summed E-state index contributed by atoms with van der Waals surface area (Å²) >= 11 is 1.38. The molecule has 0 spiro atoms.